The van der Waals surface area contributed by atoms with Gasteiger partial charge in [-0.2, -0.15) is 5.26 Å². The van der Waals surface area contributed by atoms with E-state index in [4.69, 9.17) is 10.4 Å². The largest absolute Gasteiger partial charge is 0.395 e. The molecule has 0 aliphatic heterocycles. The Balaban J connectivity index is 3.18. The first-order valence-electron chi connectivity index (χ1n) is 5.07. The Hall–Kier alpha value is -1.33. The second-order valence-corrected chi connectivity index (χ2v) is 4.05. The number of rotatable bonds is 3. The van der Waals surface area contributed by atoms with E-state index in [0.717, 1.165) is 17.0 Å². The van der Waals surface area contributed by atoms with Crippen molar-refractivity contribution in [2.24, 2.45) is 0 Å². The summed E-state index contributed by atoms with van der Waals surface area (Å²) in [7, 11) is 0. The van der Waals surface area contributed by atoms with Gasteiger partial charge in [0.05, 0.1) is 18.2 Å². The van der Waals surface area contributed by atoms with Crippen LogP contribution in [-0.2, 0) is 0 Å². The molecule has 0 aliphatic rings. The van der Waals surface area contributed by atoms with E-state index in [1.165, 1.54) is 0 Å². The Bertz CT molecular complexity index is 377. The van der Waals surface area contributed by atoms with Gasteiger partial charge in [0, 0.05) is 5.92 Å². The molecule has 15 heavy (non-hydrogen) atoms. The van der Waals surface area contributed by atoms with Gasteiger partial charge in [-0.05, 0) is 29.2 Å². The molecule has 0 saturated heterocycles. The Morgan fingerprint density at radius 1 is 1.40 bits per heavy atom. The number of nitrogens with zero attached hydrogens (tertiary/aromatic N) is 1. The minimum absolute atomic E-state index is 0.0341. The normalized spacial score (nSPS) is 10.7. The van der Waals surface area contributed by atoms with Gasteiger partial charge in [0.15, 0.2) is 0 Å². The molecule has 1 rings (SSSR count). The van der Waals surface area contributed by atoms with E-state index in [9.17, 15) is 0 Å². The van der Waals surface area contributed by atoms with Crippen molar-refractivity contribution < 1.29 is 5.11 Å². The van der Waals surface area contributed by atoms with Gasteiger partial charge in [-0.15, -0.1) is 0 Å². The summed E-state index contributed by atoms with van der Waals surface area (Å²) in [4.78, 5) is 0. The maximum absolute atomic E-state index is 9.06. The highest BCUT2D eigenvalue weighted by molar-refractivity contribution is 5.43. The highest BCUT2D eigenvalue weighted by Crippen LogP contribution is 2.22. The molecule has 2 heteroatoms. The molecule has 2 nitrogen and oxygen atoms in total. The van der Waals surface area contributed by atoms with Crippen molar-refractivity contribution in [1.82, 2.24) is 0 Å². The van der Waals surface area contributed by atoms with Crippen molar-refractivity contribution in [2.75, 3.05) is 6.61 Å². The third-order valence-corrected chi connectivity index (χ3v) is 2.48. The zero-order chi connectivity index (χ0) is 11.4. The second-order valence-electron chi connectivity index (χ2n) is 4.05. The standard InChI is InChI=1S/C13H16NO/c1-9(2)12-4-11(7-14)5-13(6-12)10(3)8-15/h4-6,9,15H,8H2,1-3H3. The highest BCUT2D eigenvalue weighted by atomic mass is 16.3. The van der Waals surface area contributed by atoms with E-state index >= 15 is 0 Å². The summed E-state index contributed by atoms with van der Waals surface area (Å²) in [6.45, 7) is 6.09. The molecular weight excluding hydrogens is 186 g/mol. The molecule has 0 atom stereocenters. The van der Waals surface area contributed by atoms with Crippen LogP contribution in [0.5, 0.6) is 0 Å². The molecule has 1 aromatic carbocycles. The quantitative estimate of drug-likeness (QED) is 0.818. The predicted molar refractivity (Wildman–Crippen MR) is 60.4 cm³/mol. The van der Waals surface area contributed by atoms with Crippen molar-refractivity contribution in [2.45, 2.75) is 26.7 Å². The maximum Gasteiger partial charge on any atom is 0.0991 e. The minimum atomic E-state index is 0.0341. The summed E-state index contributed by atoms with van der Waals surface area (Å²) in [6.07, 6.45) is 0. The summed E-state index contributed by atoms with van der Waals surface area (Å²) in [6, 6.07) is 7.90. The van der Waals surface area contributed by atoms with Gasteiger partial charge in [-0.3, -0.25) is 0 Å². The van der Waals surface area contributed by atoms with E-state index < -0.39 is 0 Å². The van der Waals surface area contributed by atoms with Crippen LogP contribution < -0.4 is 0 Å². The van der Waals surface area contributed by atoms with E-state index in [-0.39, 0.29) is 6.61 Å². The molecule has 0 aliphatic carbocycles. The summed E-state index contributed by atoms with van der Waals surface area (Å²) in [5.74, 6) is 1.29. The Kier molecular flexibility index (Phi) is 3.88. The Morgan fingerprint density at radius 2 is 2.07 bits per heavy atom. The number of hydrogen-bond acceptors (Lipinski definition) is 2. The fourth-order valence-corrected chi connectivity index (χ4v) is 1.39. The number of aliphatic hydroxyl groups excluding tert-OH is 1. The molecule has 1 radical (unpaired) electrons. The molecule has 1 N–H and O–H groups in total. The fourth-order valence-electron chi connectivity index (χ4n) is 1.39. The average Bonchev–Trinajstić information content (AvgIpc) is 2.27. The third-order valence-electron chi connectivity index (χ3n) is 2.48. The lowest BCUT2D eigenvalue weighted by atomic mass is 9.93. The maximum atomic E-state index is 9.06. The van der Waals surface area contributed by atoms with Gasteiger partial charge in [-0.1, -0.05) is 26.8 Å². The van der Waals surface area contributed by atoms with Crippen LogP contribution in [0, 0.1) is 17.2 Å². The third kappa shape index (κ3) is 2.81. The molecule has 0 heterocycles. The smallest absolute Gasteiger partial charge is 0.0991 e. The summed E-state index contributed by atoms with van der Waals surface area (Å²) in [5, 5.41) is 18.0. The van der Waals surface area contributed by atoms with E-state index in [2.05, 4.69) is 19.9 Å². The summed E-state index contributed by atoms with van der Waals surface area (Å²) in [5.41, 5.74) is 2.75. The highest BCUT2D eigenvalue weighted by Gasteiger charge is 2.09. The van der Waals surface area contributed by atoms with Gasteiger partial charge in [0.1, 0.15) is 0 Å². The van der Waals surface area contributed by atoms with Gasteiger partial charge in [0.2, 0.25) is 0 Å². The summed E-state index contributed by atoms with van der Waals surface area (Å²) < 4.78 is 0. The lowest BCUT2D eigenvalue weighted by Crippen LogP contribution is -2.02. The van der Waals surface area contributed by atoms with Gasteiger partial charge in [0.25, 0.3) is 0 Å². The van der Waals surface area contributed by atoms with Crippen LogP contribution in [0.4, 0.5) is 0 Å². The van der Waals surface area contributed by atoms with Gasteiger partial charge in [-0.25, -0.2) is 0 Å². The number of aliphatic hydroxyl groups is 1. The minimum Gasteiger partial charge on any atom is -0.395 e. The molecular formula is C13H16NO. The molecule has 79 valence electrons. The lowest BCUT2D eigenvalue weighted by Gasteiger charge is -2.12. The SMILES string of the molecule is C[C](CO)c1cc(C#N)cc(C(C)C)c1. The Labute approximate surface area is 91.2 Å². The van der Waals surface area contributed by atoms with Crippen LogP contribution in [0.2, 0.25) is 0 Å². The van der Waals surface area contributed by atoms with Crippen LogP contribution in [0.1, 0.15) is 43.4 Å². The molecule has 0 amide bonds. The number of nitriles is 1. The fraction of sp³-hybridized carbons (Fsp3) is 0.385. The molecule has 1 aromatic rings. The lowest BCUT2D eigenvalue weighted by molar-refractivity contribution is 0.315. The second kappa shape index (κ2) is 4.95. The molecule has 0 aromatic heterocycles. The van der Waals surface area contributed by atoms with Crippen LogP contribution in [-0.4, -0.2) is 11.7 Å². The van der Waals surface area contributed by atoms with E-state index in [0.29, 0.717) is 11.5 Å². The predicted octanol–water partition coefficient (Wildman–Crippen LogP) is 2.62. The number of benzene rings is 1. The van der Waals surface area contributed by atoms with Crippen LogP contribution in [0.25, 0.3) is 0 Å². The van der Waals surface area contributed by atoms with Crippen molar-refractivity contribution in [3.8, 4) is 6.07 Å². The molecule has 0 unspecified atom stereocenters. The zero-order valence-electron chi connectivity index (χ0n) is 9.41. The number of hydrogen-bond donors (Lipinski definition) is 1. The van der Waals surface area contributed by atoms with Crippen molar-refractivity contribution in [3.63, 3.8) is 0 Å². The Morgan fingerprint density at radius 3 is 2.53 bits per heavy atom. The van der Waals surface area contributed by atoms with Crippen LogP contribution >= 0.6 is 0 Å². The monoisotopic (exact) mass is 202 g/mol. The van der Waals surface area contributed by atoms with E-state index in [1.54, 1.807) is 0 Å². The molecule has 0 spiro atoms. The first-order valence-corrected chi connectivity index (χ1v) is 5.07. The molecule has 0 fully saturated rings. The van der Waals surface area contributed by atoms with Crippen molar-refractivity contribution in [3.05, 3.63) is 40.8 Å². The first kappa shape index (κ1) is 11.7. The zero-order valence-corrected chi connectivity index (χ0v) is 9.41. The van der Waals surface area contributed by atoms with Crippen molar-refractivity contribution in [1.29, 1.82) is 5.26 Å². The summed E-state index contributed by atoms with van der Waals surface area (Å²) >= 11 is 0. The molecule has 0 bridgehead atoms. The van der Waals surface area contributed by atoms with Crippen molar-refractivity contribution >= 4 is 0 Å². The van der Waals surface area contributed by atoms with Crippen LogP contribution in [0.3, 0.4) is 0 Å². The first-order chi connectivity index (χ1) is 7.08. The van der Waals surface area contributed by atoms with E-state index in [1.807, 2.05) is 25.1 Å². The molecule has 0 saturated carbocycles. The average molecular weight is 202 g/mol. The van der Waals surface area contributed by atoms with Gasteiger partial charge < -0.3 is 5.11 Å². The van der Waals surface area contributed by atoms with Gasteiger partial charge >= 0.3 is 0 Å². The van der Waals surface area contributed by atoms with Crippen LogP contribution in [0.15, 0.2) is 18.2 Å². The topological polar surface area (TPSA) is 44.0 Å².